The summed E-state index contributed by atoms with van der Waals surface area (Å²) < 4.78 is 27.9. The van der Waals surface area contributed by atoms with Crippen molar-refractivity contribution in [1.29, 1.82) is 0 Å². The molecule has 6 nitrogen and oxygen atoms in total. The van der Waals surface area contributed by atoms with E-state index in [9.17, 15) is 13.2 Å². The molecular formula is C19H20BrN3O3S. The summed E-state index contributed by atoms with van der Waals surface area (Å²) in [5.41, 5.74) is 1.45. The van der Waals surface area contributed by atoms with E-state index < -0.39 is 16.1 Å². The van der Waals surface area contributed by atoms with Gasteiger partial charge in [0.05, 0.1) is 4.90 Å². The van der Waals surface area contributed by atoms with Gasteiger partial charge in [-0.1, -0.05) is 54.0 Å². The molecule has 1 aliphatic rings. The molecule has 0 bridgehead atoms. The first kappa shape index (κ1) is 19.6. The molecule has 3 rings (SSSR count). The molecule has 1 amide bonds. The lowest BCUT2D eigenvalue weighted by Gasteiger charge is -2.17. The van der Waals surface area contributed by atoms with Crippen molar-refractivity contribution in [2.45, 2.75) is 31.3 Å². The second kappa shape index (κ2) is 7.82. The second-order valence-electron chi connectivity index (χ2n) is 6.62. The zero-order valence-corrected chi connectivity index (χ0v) is 17.3. The number of nitrogens with one attached hydrogen (secondary N) is 2. The molecule has 0 saturated heterocycles. The Morgan fingerprint density at radius 3 is 2.63 bits per heavy atom. The van der Waals surface area contributed by atoms with Crippen molar-refractivity contribution in [3.8, 4) is 0 Å². The number of hydrogen-bond acceptors (Lipinski definition) is 4. The van der Waals surface area contributed by atoms with Gasteiger partial charge >= 0.3 is 0 Å². The van der Waals surface area contributed by atoms with Crippen molar-refractivity contribution < 1.29 is 13.2 Å². The summed E-state index contributed by atoms with van der Waals surface area (Å²) >= 11 is 3.41. The molecule has 2 aromatic rings. The number of halogens is 1. The number of rotatable bonds is 5. The highest BCUT2D eigenvalue weighted by molar-refractivity contribution is 9.10. The first-order valence-corrected chi connectivity index (χ1v) is 10.8. The molecule has 27 heavy (non-hydrogen) atoms. The summed E-state index contributed by atoms with van der Waals surface area (Å²) in [6.07, 6.45) is 0. The largest absolute Gasteiger partial charge is 0.350 e. The Bertz CT molecular complexity index is 1000. The van der Waals surface area contributed by atoms with Gasteiger partial charge in [0.25, 0.3) is 10.0 Å². The van der Waals surface area contributed by atoms with Gasteiger partial charge in [-0.25, -0.2) is 8.42 Å². The van der Waals surface area contributed by atoms with E-state index in [1.54, 1.807) is 18.2 Å². The molecular weight excluding hydrogens is 430 g/mol. The van der Waals surface area contributed by atoms with Gasteiger partial charge in [0, 0.05) is 16.6 Å². The van der Waals surface area contributed by atoms with Gasteiger partial charge in [0.15, 0.2) is 0 Å². The molecule has 1 atom stereocenters. The van der Waals surface area contributed by atoms with Gasteiger partial charge in [0.2, 0.25) is 5.91 Å². The van der Waals surface area contributed by atoms with Crippen LogP contribution in [-0.4, -0.2) is 26.2 Å². The maximum Gasteiger partial charge on any atom is 0.263 e. The van der Waals surface area contributed by atoms with Crippen LogP contribution >= 0.6 is 15.9 Å². The first-order chi connectivity index (χ1) is 12.8. The maximum absolute atomic E-state index is 12.7. The fraction of sp³-hybridized carbons (Fsp3) is 0.263. The number of amidine groups is 1. The first-order valence-electron chi connectivity index (χ1n) is 8.50. The molecule has 2 N–H and O–H groups in total. The third kappa shape index (κ3) is 4.39. The van der Waals surface area contributed by atoms with Crippen LogP contribution in [0.4, 0.5) is 0 Å². The fourth-order valence-corrected chi connectivity index (χ4v) is 4.51. The quantitative estimate of drug-likeness (QED) is 0.735. The van der Waals surface area contributed by atoms with Crippen LogP contribution in [0.5, 0.6) is 0 Å². The molecule has 0 saturated carbocycles. The summed E-state index contributed by atoms with van der Waals surface area (Å²) in [7, 11) is -3.63. The lowest BCUT2D eigenvalue weighted by atomic mass is 10.0. The Morgan fingerprint density at radius 1 is 1.19 bits per heavy atom. The van der Waals surface area contributed by atoms with Crippen LogP contribution in [0.3, 0.4) is 0 Å². The van der Waals surface area contributed by atoms with Crippen molar-refractivity contribution in [2.24, 2.45) is 10.9 Å². The van der Waals surface area contributed by atoms with Gasteiger partial charge in [-0.2, -0.15) is 0 Å². The van der Waals surface area contributed by atoms with Crippen molar-refractivity contribution in [3.05, 3.63) is 64.1 Å². The highest BCUT2D eigenvalue weighted by Crippen LogP contribution is 2.23. The monoisotopic (exact) mass is 449 g/mol. The molecule has 0 spiro atoms. The zero-order valence-electron chi connectivity index (χ0n) is 14.9. The summed E-state index contributed by atoms with van der Waals surface area (Å²) in [4.78, 5) is 17.3. The zero-order chi connectivity index (χ0) is 19.6. The molecule has 1 heterocycles. The van der Waals surface area contributed by atoms with Crippen LogP contribution in [0.15, 0.2) is 62.9 Å². The number of hydrogen-bond donors (Lipinski definition) is 2. The predicted molar refractivity (Wildman–Crippen MR) is 108 cm³/mol. The molecule has 0 fully saturated rings. The van der Waals surface area contributed by atoms with E-state index in [4.69, 9.17) is 0 Å². The summed E-state index contributed by atoms with van der Waals surface area (Å²) in [6.45, 7) is 4.13. The van der Waals surface area contributed by atoms with Gasteiger partial charge < -0.3 is 5.32 Å². The summed E-state index contributed by atoms with van der Waals surface area (Å²) in [6, 6.07) is 13.6. The Labute approximate surface area is 167 Å². The minimum atomic E-state index is -3.63. The lowest BCUT2D eigenvalue weighted by Crippen LogP contribution is -2.38. The summed E-state index contributed by atoms with van der Waals surface area (Å²) in [5.74, 6) is -0.139. The van der Waals surface area contributed by atoms with Crippen LogP contribution in [0, 0.1) is 5.92 Å². The molecule has 1 aliphatic heterocycles. The molecule has 142 valence electrons. The van der Waals surface area contributed by atoms with Crippen molar-refractivity contribution in [1.82, 2.24) is 10.0 Å². The van der Waals surface area contributed by atoms with E-state index in [1.165, 1.54) is 6.07 Å². The van der Waals surface area contributed by atoms with Gasteiger partial charge in [-0.05, 0) is 35.7 Å². The molecule has 8 heteroatoms. The average molecular weight is 450 g/mol. The number of nitrogens with zero attached hydrogens (tertiary/aromatic N) is 1. The second-order valence-corrected chi connectivity index (χ2v) is 9.18. The number of sulfonamides is 1. The third-order valence-electron chi connectivity index (χ3n) is 4.19. The van der Waals surface area contributed by atoms with Crippen LogP contribution in [0.2, 0.25) is 0 Å². The number of fused-ring (bicyclic) bond motifs is 1. The third-order valence-corrected chi connectivity index (χ3v) is 6.08. The fourth-order valence-electron chi connectivity index (χ4n) is 2.82. The predicted octanol–water partition coefficient (Wildman–Crippen LogP) is 2.83. The highest BCUT2D eigenvalue weighted by Gasteiger charge is 2.32. The molecule has 2 aromatic carbocycles. The van der Waals surface area contributed by atoms with Crippen LogP contribution in [-0.2, 0) is 21.4 Å². The standard InChI is InChI=1S/C19H20BrN3O3S/c1-12(2)17(19(24)21-11-13-6-5-7-14(20)10-13)22-18-15-8-3-4-9-16(15)27(25,26)23-18/h3-10,12,17H,11H2,1-2H3,(H,21,24)(H,22,23)/t17-/m0/s1. The van der Waals surface area contributed by atoms with Crippen molar-refractivity contribution >= 4 is 37.7 Å². The number of amides is 1. The Kier molecular flexibility index (Phi) is 5.67. The molecule has 0 radical (unpaired) electrons. The minimum Gasteiger partial charge on any atom is -0.350 e. The van der Waals surface area contributed by atoms with E-state index >= 15 is 0 Å². The Hall–Kier alpha value is -2.19. The average Bonchev–Trinajstić information content (AvgIpc) is 2.88. The topological polar surface area (TPSA) is 87.6 Å². The van der Waals surface area contributed by atoms with Crippen molar-refractivity contribution in [3.63, 3.8) is 0 Å². The van der Waals surface area contributed by atoms with E-state index in [0.29, 0.717) is 12.1 Å². The summed E-state index contributed by atoms with van der Waals surface area (Å²) in [5, 5.41) is 2.88. The Balaban J connectivity index is 1.82. The lowest BCUT2D eigenvalue weighted by molar-refractivity contribution is -0.123. The maximum atomic E-state index is 12.7. The molecule has 0 aromatic heterocycles. The number of benzene rings is 2. The number of aliphatic imine (C=N–C) groups is 1. The molecule has 0 unspecified atom stereocenters. The van der Waals surface area contributed by atoms with E-state index in [2.05, 4.69) is 31.0 Å². The van der Waals surface area contributed by atoms with Crippen LogP contribution < -0.4 is 10.0 Å². The van der Waals surface area contributed by atoms with Crippen molar-refractivity contribution in [2.75, 3.05) is 0 Å². The van der Waals surface area contributed by atoms with Crippen LogP contribution in [0.25, 0.3) is 0 Å². The number of carbonyl (C=O) groups excluding carboxylic acids is 1. The SMILES string of the molecule is CC(C)[C@H](N=C1NS(=O)(=O)c2ccccc21)C(=O)NCc1cccc(Br)c1. The van der Waals surface area contributed by atoms with Gasteiger partial charge in [0.1, 0.15) is 11.9 Å². The van der Waals surface area contributed by atoms with Gasteiger partial charge in [-0.3, -0.25) is 14.5 Å². The normalized spacial score (nSPS) is 17.4. The number of carbonyl (C=O) groups is 1. The van der Waals surface area contributed by atoms with E-state index in [0.717, 1.165) is 10.0 Å². The highest BCUT2D eigenvalue weighted by atomic mass is 79.9. The van der Waals surface area contributed by atoms with E-state index in [1.807, 2.05) is 38.1 Å². The Morgan fingerprint density at radius 2 is 1.93 bits per heavy atom. The van der Waals surface area contributed by atoms with Gasteiger partial charge in [-0.15, -0.1) is 0 Å². The van der Waals surface area contributed by atoms with Crippen LogP contribution in [0.1, 0.15) is 25.0 Å². The minimum absolute atomic E-state index is 0.0997. The van der Waals surface area contributed by atoms with E-state index in [-0.39, 0.29) is 22.6 Å². The smallest absolute Gasteiger partial charge is 0.263 e. The molecule has 0 aliphatic carbocycles.